The molecule has 0 spiro atoms. The predicted octanol–water partition coefficient (Wildman–Crippen LogP) is 3.75. The first-order valence-electron chi connectivity index (χ1n) is 9.92. The lowest BCUT2D eigenvalue weighted by Gasteiger charge is -2.30. The number of rotatable bonds is 5. The van der Waals surface area contributed by atoms with E-state index in [1.165, 1.54) is 6.07 Å². The van der Waals surface area contributed by atoms with Crippen molar-refractivity contribution in [1.82, 2.24) is 20.4 Å². The summed E-state index contributed by atoms with van der Waals surface area (Å²) in [6.45, 7) is 3.03. The van der Waals surface area contributed by atoms with E-state index in [2.05, 4.69) is 15.5 Å². The number of likely N-dealkylation sites (tertiary alicyclic amines) is 1. The van der Waals surface area contributed by atoms with Crippen molar-refractivity contribution in [3.05, 3.63) is 64.4 Å². The molecule has 0 saturated carbocycles. The van der Waals surface area contributed by atoms with E-state index in [-0.39, 0.29) is 23.5 Å². The number of H-pyrrole nitrogens is 1. The summed E-state index contributed by atoms with van der Waals surface area (Å²) >= 11 is 1.58. The highest BCUT2D eigenvalue weighted by Crippen LogP contribution is 2.24. The molecule has 0 atom stereocenters. The van der Waals surface area contributed by atoms with E-state index in [1.54, 1.807) is 35.3 Å². The molecule has 1 aromatic carbocycles. The molecule has 1 fully saturated rings. The average Bonchev–Trinajstić information content (AvgIpc) is 3.46. The number of piperidine rings is 1. The number of thiophene rings is 1. The fourth-order valence-corrected chi connectivity index (χ4v) is 4.27. The van der Waals surface area contributed by atoms with Gasteiger partial charge in [0.25, 0.3) is 5.91 Å². The van der Waals surface area contributed by atoms with Gasteiger partial charge in [0.1, 0.15) is 5.82 Å². The minimum absolute atomic E-state index is 0.0529. The Morgan fingerprint density at radius 2 is 2.07 bits per heavy atom. The third kappa shape index (κ3) is 4.43. The van der Waals surface area contributed by atoms with Gasteiger partial charge in [0, 0.05) is 25.6 Å². The van der Waals surface area contributed by atoms with Gasteiger partial charge >= 0.3 is 0 Å². The van der Waals surface area contributed by atoms with E-state index in [0.717, 1.165) is 16.1 Å². The van der Waals surface area contributed by atoms with E-state index in [1.807, 2.05) is 23.6 Å². The molecule has 3 heterocycles. The molecule has 3 aromatic rings. The van der Waals surface area contributed by atoms with Crippen LogP contribution < -0.4 is 5.32 Å². The van der Waals surface area contributed by atoms with Crippen LogP contribution in [-0.2, 0) is 11.3 Å². The molecular weight excluding hydrogens is 403 g/mol. The van der Waals surface area contributed by atoms with Gasteiger partial charge in [0.05, 0.1) is 10.6 Å². The van der Waals surface area contributed by atoms with Gasteiger partial charge in [-0.3, -0.25) is 14.7 Å². The van der Waals surface area contributed by atoms with Gasteiger partial charge < -0.3 is 10.2 Å². The molecule has 1 aliphatic rings. The third-order valence-corrected chi connectivity index (χ3v) is 6.34. The van der Waals surface area contributed by atoms with Crippen LogP contribution in [0.3, 0.4) is 0 Å². The first-order valence-corrected chi connectivity index (χ1v) is 10.8. The molecule has 0 aliphatic carbocycles. The zero-order valence-corrected chi connectivity index (χ0v) is 17.5. The number of hydrogen-bond acceptors (Lipinski definition) is 4. The third-order valence-electron chi connectivity index (χ3n) is 5.44. The van der Waals surface area contributed by atoms with Crippen molar-refractivity contribution < 1.29 is 14.0 Å². The number of hydrogen-bond donors (Lipinski definition) is 2. The number of nitrogens with zero attached hydrogens (tertiary/aromatic N) is 2. The van der Waals surface area contributed by atoms with Crippen molar-refractivity contribution in [3.63, 3.8) is 0 Å². The summed E-state index contributed by atoms with van der Waals surface area (Å²) < 4.78 is 13.6. The highest BCUT2D eigenvalue weighted by atomic mass is 32.1. The largest absolute Gasteiger partial charge is 0.352 e. The van der Waals surface area contributed by atoms with Crippen LogP contribution in [0.25, 0.3) is 10.6 Å². The fraction of sp³-hybridized carbons (Fsp3) is 0.318. The fourth-order valence-electron chi connectivity index (χ4n) is 3.58. The predicted molar refractivity (Wildman–Crippen MR) is 114 cm³/mol. The van der Waals surface area contributed by atoms with Gasteiger partial charge in [-0.05, 0) is 54.5 Å². The van der Waals surface area contributed by atoms with Gasteiger partial charge in [0.2, 0.25) is 5.91 Å². The lowest BCUT2D eigenvalue weighted by molar-refractivity contribution is -0.126. The van der Waals surface area contributed by atoms with Crippen LogP contribution in [-0.4, -0.2) is 40.0 Å². The van der Waals surface area contributed by atoms with Gasteiger partial charge in [-0.25, -0.2) is 4.39 Å². The Morgan fingerprint density at radius 3 is 2.77 bits per heavy atom. The number of nitrogens with one attached hydrogen (secondary N) is 2. The van der Waals surface area contributed by atoms with Crippen LogP contribution in [0.15, 0.2) is 41.8 Å². The van der Waals surface area contributed by atoms with E-state index in [0.29, 0.717) is 43.7 Å². The molecule has 1 aliphatic heterocycles. The van der Waals surface area contributed by atoms with Gasteiger partial charge in [-0.15, -0.1) is 11.3 Å². The second kappa shape index (κ2) is 8.79. The molecule has 30 heavy (non-hydrogen) atoms. The molecule has 1 saturated heterocycles. The van der Waals surface area contributed by atoms with Crippen molar-refractivity contribution in [2.24, 2.45) is 5.92 Å². The zero-order chi connectivity index (χ0) is 21.1. The Bertz CT molecular complexity index is 1040. The Hall–Kier alpha value is -3.00. The monoisotopic (exact) mass is 426 g/mol. The van der Waals surface area contributed by atoms with Crippen molar-refractivity contribution >= 4 is 23.2 Å². The average molecular weight is 427 g/mol. The van der Waals surface area contributed by atoms with Gasteiger partial charge in [-0.1, -0.05) is 18.2 Å². The lowest BCUT2D eigenvalue weighted by Crippen LogP contribution is -2.43. The maximum absolute atomic E-state index is 13.6. The van der Waals surface area contributed by atoms with Crippen LogP contribution in [0, 0.1) is 18.7 Å². The standard InChI is InChI=1S/C22H23FN4O2S/c1-14-4-5-15(11-17(14)23)13-24-21(28)16-6-8-27(9-7-16)22(29)19-12-18(25-26-19)20-3-2-10-30-20/h2-5,10-12,16H,6-9,13H2,1H3,(H,24,28)(H,25,26). The Morgan fingerprint density at radius 1 is 1.27 bits per heavy atom. The number of aromatic amines is 1. The first kappa shape index (κ1) is 20.3. The molecule has 0 radical (unpaired) electrons. The SMILES string of the molecule is Cc1ccc(CNC(=O)C2CCN(C(=O)c3cc(-c4cccs4)[nH]n3)CC2)cc1F. The molecule has 0 unspecified atom stereocenters. The number of benzene rings is 1. The Labute approximate surface area is 178 Å². The minimum atomic E-state index is -0.269. The van der Waals surface area contributed by atoms with E-state index >= 15 is 0 Å². The van der Waals surface area contributed by atoms with Crippen LogP contribution in [0.5, 0.6) is 0 Å². The second-order valence-corrected chi connectivity index (χ2v) is 8.46. The zero-order valence-electron chi connectivity index (χ0n) is 16.7. The summed E-state index contributed by atoms with van der Waals surface area (Å²) in [6, 6.07) is 10.7. The molecule has 2 aromatic heterocycles. The van der Waals surface area contributed by atoms with Crippen molar-refractivity contribution in [3.8, 4) is 10.6 Å². The molecule has 0 bridgehead atoms. The topological polar surface area (TPSA) is 78.1 Å². The summed E-state index contributed by atoms with van der Waals surface area (Å²) in [5.74, 6) is -0.592. The normalized spacial score (nSPS) is 14.7. The summed E-state index contributed by atoms with van der Waals surface area (Å²) in [7, 11) is 0. The quantitative estimate of drug-likeness (QED) is 0.652. The number of carbonyl (C=O) groups excluding carboxylic acids is 2. The Balaban J connectivity index is 1.28. The van der Waals surface area contributed by atoms with Crippen molar-refractivity contribution in [2.45, 2.75) is 26.3 Å². The van der Waals surface area contributed by atoms with Crippen LogP contribution >= 0.6 is 11.3 Å². The number of halogens is 1. The summed E-state index contributed by atoms with van der Waals surface area (Å²) in [5, 5.41) is 11.9. The van der Waals surface area contributed by atoms with Gasteiger partial charge in [-0.2, -0.15) is 5.10 Å². The summed E-state index contributed by atoms with van der Waals surface area (Å²) in [5.41, 5.74) is 2.54. The molecule has 2 amide bonds. The van der Waals surface area contributed by atoms with Crippen molar-refractivity contribution in [1.29, 1.82) is 0 Å². The lowest BCUT2D eigenvalue weighted by atomic mass is 9.95. The van der Waals surface area contributed by atoms with E-state index in [4.69, 9.17) is 0 Å². The molecule has 2 N–H and O–H groups in total. The van der Waals surface area contributed by atoms with Crippen LogP contribution in [0.1, 0.15) is 34.5 Å². The van der Waals surface area contributed by atoms with Crippen LogP contribution in [0.4, 0.5) is 4.39 Å². The highest BCUT2D eigenvalue weighted by Gasteiger charge is 2.28. The number of aryl methyl sites for hydroxylation is 1. The van der Waals surface area contributed by atoms with Crippen molar-refractivity contribution in [2.75, 3.05) is 13.1 Å². The van der Waals surface area contributed by atoms with E-state index in [9.17, 15) is 14.0 Å². The summed E-state index contributed by atoms with van der Waals surface area (Å²) in [6.07, 6.45) is 1.20. The maximum atomic E-state index is 13.6. The number of carbonyl (C=O) groups is 2. The summed E-state index contributed by atoms with van der Waals surface area (Å²) in [4.78, 5) is 28.0. The molecule has 6 nitrogen and oxygen atoms in total. The number of amides is 2. The maximum Gasteiger partial charge on any atom is 0.274 e. The minimum Gasteiger partial charge on any atom is -0.352 e. The first-order chi connectivity index (χ1) is 14.5. The molecule has 8 heteroatoms. The Kier molecular flexibility index (Phi) is 5.94. The van der Waals surface area contributed by atoms with Crippen LogP contribution in [0.2, 0.25) is 0 Å². The number of aromatic nitrogens is 2. The smallest absolute Gasteiger partial charge is 0.274 e. The molecule has 156 valence electrons. The van der Waals surface area contributed by atoms with Gasteiger partial charge in [0.15, 0.2) is 5.69 Å². The molecule has 4 rings (SSSR count). The van der Waals surface area contributed by atoms with E-state index < -0.39 is 0 Å². The second-order valence-electron chi connectivity index (χ2n) is 7.51. The molecular formula is C22H23FN4O2S. The highest BCUT2D eigenvalue weighted by molar-refractivity contribution is 7.13.